The summed E-state index contributed by atoms with van der Waals surface area (Å²) in [7, 11) is 0. The van der Waals surface area contributed by atoms with Gasteiger partial charge in [-0.25, -0.2) is 4.98 Å². The van der Waals surface area contributed by atoms with Gasteiger partial charge in [0.1, 0.15) is 5.82 Å². The quantitative estimate of drug-likeness (QED) is 0.821. The van der Waals surface area contributed by atoms with Gasteiger partial charge in [0.05, 0.1) is 4.47 Å². The molecule has 0 N–H and O–H groups in total. The molecular weight excluding hydrogens is 314 g/mol. The molecule has 110 valence electrons. The Morgan fingerprint density at radius 1 is 1.10 bits per heavy atom. The van der Waals surface area contributed by atoms with E-state index in [4.69, 9.17) is 0 Å². The molecule has 0 spiro atoms. The maximum Gasteiger partial charge on any atom is 0.143 e. The highest BCUT2D eigenvalue weighted by molar-refractivity contribution is 9.10. The number of piperidine rings is 2. The molecule has 0 aliphatic carbocycles. The van der Waals surface area contributed by atoms with Crippen LogP contribution in [0.15, 0.2) is 16.7 Å². The van der Waals surface area contributed by atoms with Crippen LogP contribution in [-0.2, 0) is 0 Å². The lowest BCUT2D eigenvalue weighted by Crippen LogP contribution is -2.47. The van der Waals surface area contributed by atoms with Crippen LogP contribution >= 0.6 is 15.9 Å². The average Bonchev–Trinajstić information content (AvgIpc) is 2.51. The minimum absolute atomic E-state index is 0.801. The second-order valence-electron chi connectivity index (χ2n) is 6.08. The topological polar surface area (TPSA) is 19.4 Å². The molecule has 20 heavy (non-hydrogen) atoms. The van der Waals surface area contributed by atoms with Gasteiger partial charge in [0, 0.05) is 25.3 Å². The van der Waals surface area contributed by atoms with Gasteiger partial charge in [-0.05, 0) is 73.3 Å². The van der Waals surface area contributed by atoms with E-state index in [1.165, 1.54) is 50.8 Å². The number of aryl methyl sites for hydroxylation is 1. The number of rotatable bonds is 2. The van der Waals surface area contributed by atoms with Crippen LogP contribution in [0.4, 0.5) is 5.82 Å². The number of likely N-dealkylation sites (tertiary alicyclic amines) is 1. The van der Waals surface area contributed by atoms with Crippen molar-refractivity contribution in [3.05, 3.63) is 22.3 Å². The first-order valence-corrected chi connectivity index (χ1v) is 8.65. The van der Waals surface area contributed by atoms with Gasteiger partial charge >= 0.3 is 0 Å². The van der Waals surface area contributed by atoms with E-state index in [-0.39, 0.29) is 0 Å². The monoisotopic (exact) mass is 337 g/mol. The maximum absolute atomic E-state index is 4.57. The van der Waals surface area contributed by atoms with Gasteiger partial charge in [-0.15, -0.1) is 0 Å². The summed E-state index contributed by atoms with van der Waals surface area (Å²) >= 11 is 3.69. The van der Waals surface area contributed by atoms with Crippen molar-refractivity contribution in [3.63, 3.8) is 0 Å². The Morgan fingerprint density at radius 2 is 1.80 bits per heavy atom. The zero-order valence-electron chi connectivity index (χ0n) is 12.3. The van der Waals surface area contributed by atoms with Gasteiger partial charge in [0.2, 0.25) is 0 Å². The summed E-state index contributed by atoms with van der Waals surface area (Å²) in [4.78, 5) is 9.73. The minimum atomic E-state index is 0.801. The van der Waals surface area contributed by atoms with E-state index in [2.05, 4.69) is 43.7 Å². The molecule has 0 radical (unpaired) electrons. The summed E-state index contributed by atoms with van der Waals surface area (Å²) in [5.74, 6) is 1.13. The second-order valence-corrected chi connectivity index (χ2v) is 6.87. The van der Waals surface area contributed by atoms with E-state index in [1.54, 1.807) is 0 Å². The third-order valence-electron chi connectivity index (χ3n) is 4.73. The van der Waals surface area contributed by atoms with Crippen LogP contribution in [0.2, 0.25) is 0 Å². The smallest absolute Gasteiger partial charge is 0.143 e. The highest BCUT2D eigenvalue weighted by Crippen LogP contribution is 2.30. The summed E-state index contributed by atoms with van der Waals surface area (Å²) in [6, 6.07) is 2.86. The molecule has 1 aromatic heterocycles. The number of aromatic nitrogens is 1. The summed E-state index contributed by atoms with van der Waals surface area (Å²) in [6.07, 6.45) is 8.70. The van der Waals surface area contributed by atoms with Crippen molar-refractivity contribution in [2.75, 3.05) is 31.1 Å². The summed E-state index contributed by atoms with van der Waals surface area (Å²) < 4.78 is 1.16. The number of nitrogens with zero attached hydrogens (tertiary/aromatic N) is 3. The molecule has 0 amide bonds. The molecule has 0 unspecified atom stereocenters. The lowest BCUT2D eigenvalue weighted by Gasteiger charge is -2.40. The summed E-state index contributed by atoms with van der Waals surface area (Å²) in [5, 5.41) is 0. The van der Waals surface area contributed by atoms with Gasteiger partial charge in [-0.1, -0.05) is 6.42 Å². The van der Waals surface area contributed by atoms with E-state index in [0.717, 1.165) is 29.4 Å². The molecule has 2 saturated heterocycles. The third-order valence-corrected chi connectivity index (χ3v) is 5.72. The van der Waals surface area contributed by atoms with Gasteiger partial charge in [0.25, 0.3) is 0 Å². The number of pyridine rings is 1. The number of halogens is 1. The van der Waals surface area contributed by atoms with E-state index in [0.29, 0.717) is 0 Å². The SMILES string of the molecule is Cc1ccnc(N2CCC(N3CCCCC3)CC2)c1Br. The van der Waals surface area contributed by atoms with Gasteiger partial charge in [-0.3, -0.25) is 0 Å². The second kappa shape index (κ2) is 6.44. The van der Waals surface area contributed by atoms with Crippen LogP contribution in [0, 0.1) is 6.92 Å². The van der Waals surface area contributed by atoms with Gasteiger partial charge < -0.3 is 9.80 Å². The Labute approximate surface area is 130 Å². The Kier molecular flexibility index (Phi) is 4.61. The van der Waals surface area contributed by atoms with E-state index >= 15 is 0 Å². The Hall–Kier alpha value is -0.610. The molecule has 0 saturated carbocycles. The zero-order chi connectivity index (χ0) is 13.9. The molecule has 2 aliphatic heterocycles. The number of hydrogen-bond donors (Lipinski definition) is 0. The van der Waals surface area contributed by atoms with Crippen LogP contribution in [0.25, 0.3) is 0 Å². The van der Waals surface area contributed by atoms with Crippen molar-refractivity contribution in [2.45, 2.75) is 45.1 Å². The zero-order valence-corrected chi connectivity index (χ0v) is 13.9. The standard InChI is InChI=1S/C16H24BrN3/c1-13-5-8-18-16(15(13)17)20-11-6-14(7-12-20)19-9-3-2-4-10-19/h5,8,14H,2-4,6-7,9-12H2,1H3. The third kappa shape index (κ3) is 3.01. The molecule has 0 bridgehead atoms. The fraction of sp³-hybridized carbons (Fsp3) is 0.688. The molecule has 3 nitrogen and oxygen atoms in total. The van der Waals surface area contributed by atoms with Crippen LogP contribution in [0.5, 0.6) is 0 Å². The first kappa shape index (κ1) is 14.3. The average molecular weight is 338 g/mol. The minimum Gasteiger partial charge on any atom is -0.356 e. The van der Waals surface area contributed by atoms with Gasteiger partial charge in [-0.2, -0.15) is 0 Å². The van der Waals surface area contributed by atoms with Crippen molar-refractivity contribution in [1.82, 2.24) is 9.88 Å². The van der Waals surface area contributed by atoms with Crippen molar-refractivity contribution >= 4 is 21.7 Å². The molecule has 3 rings (SSSR count). The fourth-order valence-corrected chi connectivity index (χ4v) is 3.96. The van der Waals surface area contributed by atoms with E-state index < -0.39 is 0 Å². The van der Waals surface area contributed by atoms with Crippen molar-refractivity contribution in [2.24, 2.45) is 0 Å². The Morgan fingerprint density at radius 3 is 2.50 bits per heavy atom. The highest BCUT2D eigenvalue weighted by Gasteiger charge is 2.26. The fourth-order valence-electron chi connectivity index (χ4n) is 3.47. The molecule has 2 fully saturated rings. The summed E-state index contributed by atoms with van der Waals surface area (Å²) in [6.45, 7) is 7.04. The Bertz CT molecular complexity index is 449. The van der Waals surface area contributed by atoms with Crippen molar-refractivity contribution in [1.29, 1.82) is 0 Å². The molecular formula is C16H24BrN3. The molecule has 4 heteroatoms. The normalized spacial score (nSPS) is 22.2. The predicted molar refractivity (Wildman–Crippen MR) is 87.3 cm³/mol. The van der Waals surface area contributed by atoms with Crippen LogP contribution < -0.4 is 4.90 Å². The lowest BCUT2D eigenvalue weighted by atomic mass is 10.00. The highest BCUT2D eigenvalue weighted by atomic mass is 79.9. The first-order valence-electron chi connectivity index (χ1n) is 7.86. The van der Waals surface area contributed by atoms with E-state index in [9.17, 15) is 0 Å². The lowest BCUT2D eigenvalue weighted by molar-refractivity contribution is 0.141. The molecule has 1 aromatic rings. The summed E-state index contributed by atoms with van der Waals surface area (Å²) in [5.41, 5.74) is 1.27. The first-order chi connectivity index (χ1) is 9.75. The molecule has 2 aliphatic rings. The van der Waals surface area contributed by atoms with Gasteiger partial charge in [0.15, 0.2) is 0 Å². The maximum atomic E-state index is 4.57. The Balaban J connectivity index is 1.62. The molecule has 3 heterocycles. The largest absolute Gasteiger partial charge is 0.356 e. The predicted octanol–water partition coefficient (Wildman–Crippen LogP) is 3.61. The van der Waals surface area contributed by atoms with Crippen LogP contribution in [0.1, 0.15) is 37.7 Å². The van der Waals surface area contributed by atoms with Crippen LogP contribution in [-0.4, -0.2) is 42.1 Å². The molecule has 0 atom stereocenters. The molecule has 0 aromatic carbocycles. The van der Waals surface area contributed by atoms with E-state index in [1.807, 2.05) is 6.20 Å². The number of hydrogen-bond acceptors (Lipinski definition) is 3. The van der Waals surface area contributed by atoms with Crippen molar-refractivity contribution < 1.29 is 0 Å². The van der Waals surface area contributed by atoms with Crippen LogP contribution in [0.3, 0.4) is 0 Å². The van der Waals surface area contributed by atoms with Crippen molar-refractivity contribution in [3.8, 4) is 0 Å². The number of anilines is 1.